The summed E-state index contributed by atoms with van der Waals surface area (Å²) < 4.78 is 0. The molecule has 5 heteroatoms. The Morgan fingerprint density at radius 3 is 1.69 bits per heavy atom. The third kappa shape index (κ3) is 18.0. The molecule has 1 amide bonds. The van der Waals surface area contributed by atoms with Crippen LogP contribution < -0.4 is 11.2 Å². The molecular weight excluding hydrogens is 169 g/mol. The van der Waals surface area contributed by atoms with E-state index in [1.165, 1.54) is 6.92 Å². The van der Waals surface area contributed by atoms with Crippen LogP contribution in [0.3, 0.4) is 0 Å². The molecule has 0 aliphatic carbocycles. The molecule has 0 aliphatic rings. The molecule has 1 aromatic carbocycles. The van der Waals surface area contributed by atoms with Crippen LogP contribution in [-0.4, -0.2) is 24.7 Å². The summed E-state index contributed by atoms with van der Waals surface area (Å²) >= 11 is 0. The van der Waals surface area contributed by atoms with E-state index in [0.717, 1.165) is 5.46 Å². The van der Waals surface area contributed by atoms with Gasteiger partial charge in [0.2, 0.25) is 5.91 Å². The second-order valence-corrected chi connectivity index (χ2v) is 2.02. The first-order valence-electron chi connectivity index (χ1n) is 3.19. The summed E-state index contributed by atoms with van der Waals surface area (Å²) in [5, 5.41) is 0. The fourth-order valence-corrected chi connectivity index (χ4v) is 0.453. The van der Waals surface area contributed by atoms with E-state index in [0.29, 0.717) is 0 Å². The SMILES string of the molecule is CC(N)=O.O.O.[B]c1ccccc1. The van der Waals surface area contributed by atoms with Gasteiger partial charge in [0.25, 0.3) is 0 Å². The smallest absolute Gasteiger partial charge is 0.214 e. The minimum atomic E-state index is -0.333. The Hall–Kier alpha value is -1.33. The number of carbonyl (C=O) groups is 1. The number of carbonyl (C=O) groups excluding carboxylic acids is 1. The summed E-state index contributed by atoms with van der Waals surface area (Å²) in [6.45, 7) is 1.31. The minimum absolute atomic E-state index is 0. The largest absolute Gasteiger partial charge is 0.412 e. The molecule has 72 valence electrons. The molecule has 0 atom stereocenters. The van der Waals surface area contributed by atoms with Crippen LogP contribution in [0.15, 0.2) is 30.3 Å². The molecule has 0 fully saturated rings. The fraction of sp³-hybridized carbons (Fsp3) is 0.125. The fourth-order valence-electron chi connectivity index (χ4n) is 0.453. The molecule has 2 radical (unpaired) electrons. The maximum atomic E-state index is 9.22. The second kappa shape index (κ2) is 10.7. The number of benzene rings is 1. The first kappa shape index (κ1) is 17.7. The Labute approximate surface area is 78.8 Å². The maximum absolute atomic E-state index is 9.22. The molecule has 4 nitrogen and oxygen atoms in total. The van der Waals surface area contributed by atoms with E-state index in [9.17, 15) is 4.79 Å². The Morgan fingerprint density at radius 2 is 1.54 bits per heavy atom. The van der Waals surface area contributed by atoms with Crippen LogP contribution in [0.2, 0.25) is 0 Å². The van der Waals surface area contributed by atoms with Gasteiger partial charge in [-0.3, -0.25) is 4.79 Å². The van der Waals surface area contributed by atoms with Gasteiger partial charge in [-0.2, -0.15) is 0 Å². The van der Waals surface area contributed by atoms with Gasteiger partial charge >= 0.3 is 0 Å². The summed E-state index contributed by atoms with van der Waals surface area (Å²) in [6.07, 6.45) is 0. The number of nitrogens with two attached hydrogens (primary N) is 1. The third-order valence-corrected chi connectivity index (χ3v) is 0.800. The quantitative estimate of drug-likeness (QED) is 0.476. The molecule has 0 aromatic heterocycles. The van der Waals surface area contributed by atoms with E-state index in [-0.39, 0.29) is 16.9 Å². The average Bonchev–Trinajstić information content (AvgIpc) is 1.87. The lowest BCUT2D eigenvalue weighted by molar-refractivity contribution is -0.115. The lowest BCUT2D eigenvalue weighted by atomic mass is 9.97. The predicted molar refractivity (Wildman–Crippen MR) is 53.9 cm³/mol. The normalized spacial score (nSPS) is 6.54. The maximum Gasteiger partial charge on any atom is 0.214 e. The molecule has 0 spiro atoms. The number of hydrogen-bond acceptors (Lipinski definition) is 1. The van der Waals surface area contributed by atoms with Gasteiger partial charge < -0.3 is 16.7 Å². The van der Waals surface area contributed by atoms with E-state index >= 15 is 0 Å². The molecule has 6 N–H and O–H groups in total. The van der Waals surface area contributed by atoms with Crippen molar-refractivity contribution in [3.05, 3.63) is 30.3 Å². The minimum Gasteiger partial charge on any atom is -0.412 e. The lowest BCUT2D eigenvalue weighted by Gasteiger charge is -1.83. The molecule has 13 heavy (non-hydrogen) atoms. The zero-order valence-electron chi connectivity index (χ0n) is 7.45. The highest BCUT2D eigenvalue weighted by Gasteiger charge is 1.71. The Bertz CT molecular complexity index is 212. The molecule has 0 saturated carbocycles. The highest BCUT2D eigenvalue weighted by atomic mass is 16.1. The van der Waals surface area contributed by atoms with Crippen molar-refractivity contribution < 1.29 is 15.7 Å². The Balaban J connectivity index is -0.000000150. The molecule has 0 aliphatic heterocycles. The van der Waals surface area contributed by atoms with Gasteiger partial charge in [0.1, 0.15) is 7.85 Å². The van der Waals surface area contributed by atoms with E-state index in [1.54, 1.807) is 0 Å². The van der Waals surface area contributed by atoms with Crippen LogP contribution in [0.25, 0.3) is 0 Å². The van der Waals surface area contributed by atoms with Crippen molar-refractivity contribution in [2.24, 2.45) is 5.73 Å². The third-order valence-electron chi connectivity index (χ3n) is 0.800. The molecule has 0 heterocycles. The summed E-state index contributed by atoms with van der Waals surface area (Å²) in [4.78, 5) is 9.22. The summed E-state index contributed by atoms with van der Waals surface area (Å²) in [6, 6.07) is 9.49. The van der Waals surface area contributed by atoms with Crippen LogP contribution in [-0.2, 0) is 4.79 Å². The summed E-state index contributed by atoms with van der Waals surface area (Å²) in [7, 11) is 5.36. The van der Waals surface area contributed by atoms with E-state index in [4.69, 9.17) is 7.85 Å². The van der Waals surface area contributed by atoms with Crippen molar-refractivity contribution in [1.82, 2.24) is 0 Å². The lowest BCUT2D eigenvalue weighted by Crippen LogP contribution is -2.01. The van der Waals surface area contributed by atoms with Gasteiger partial charge in [0.15, 0.2) is 0 Å². The van der Waals surface area contributed by atoms with E-state index in [2.05, 4.69) is 5.73 Å². The van der Waals surface area contributed by atoms with Gasteiger partial charge in [-0.15, -0.1) is 0 Å². The van der Waals surface area contributed by atoms with Crippen molar-refractivity contribution in [2.75, 3.05) is 0 Å². The number of rotatable bonds is 0. The molecule has 1 aromatic rings. The molecular formula is C8H14BNO3. The number of hydrogen-bond donors (Lipinski definition) is 1. The van der Waals surface area contributed by atoms with Crippen molar-refractivity contribution in [1.29, 1.82) is 0 Å². The zero-order valence-corrected chi connectivity index (χ0v) is 7.45. The highest BCUT2D eigenvalue weighted by Crippen LogP contribution is 1.76. The number of amides is 1. The van der Waals surface area contributed by atoms with Crippen LogP contribution in [0.4, 0.5) is 0 Å². The first-order valence-corrected chi connectivity index (χ1v) is 3.19. The molecule has 1 rings (SSSR count). The van der Waals surface area contributed by atoms with Gasteiger partial charge in [0.05, 0.1) is 0 Å². The Kier molecular flexibility index (Phi) is 14.5. The summed E-state index contributed by atoms with van der Waals surface area (Å²) in [5.41, 5.74) is 5.29. The van der Waals surface area contributed by atoms with Gasteiger partial charge in [-0.05, 0) is 0 Å². The second-order valence-electron chi connectivity index (χ2n) is 2.02. The molecule has 0 unspecified atom stereocenters. The topological polar surface area (TPSA) is 106 Å². The van der Waals surface area contributed by atoms with Crippen molar-refractivity contribution >= 4 is 19.2 Å². The van der Waals surface area contributed by atoms with Gasteiger partial charge in [-0.1, -0.05) is 35.8 Å². The van der Waals surface area contributed by atoms with Crippen LogP contribution in [0.1, 0.15) is 6.92 Å². The van der Waals surface area contributed by atoms with Crippen LogP contribution in [0.5, 0.6) is 0 Å². The van der Waals surface area contributed by atoms with Crippen LogP contribution >= 0.6 is 0 Å². The van der Waals surface area contributed by atoms with Crippen molar-refractivity contribution in [2.45, 2.75) is 6.92 Å². The molecule has 0 bridgehead atoms. The summed E-state index contributed by atoms with van der Waals surface area (Å²) in [5.74, 6) is -0.333. The Morgan fingerprint density at radius 1 is 1.23 bits per heavy atom. The zero-order chi connectivity index (χ0) is 8.69. The monoisotopic (exact) mass is 183 g/mol. The van der Waals surface area contributed by atoms with Gasteiger partial charge in [0, 0.05) is 6.92 Å². The predicted octanol–water partition coefficient (Wildman–Crippen LogP) is -1.68. The van der Waals surface area contributed by atoms with Crippen molar-refractivity contribution in [3.8, 4) is 0 Å². The van der Waals surface area contributed by atoms with E-state index in [1.807, 2.05) is 30.3 Å². The van der Waals surface area contributed by atoms with Crippen molar-refractivity contribution in [3.63, 3.8) is 0 Å². The first-order chi connectivity index (χ1) is 5.13. The van der Waals surface area contributed by atoms with E-state index < -0.39 is 0 Å². The average molecular weight is 183 g/mol. The molecule has 0 saturated heterocycles. The van der Waals surface area contributed by atoms with Crippen LogP contribution in [0, 0.1) is 0 Å². The standard InChI is InChI=1S/C6H5B.C2H5NO.2H2O/c7-6-4-2-1-3-5-6;1-2(3)4;;/h1-5H;1H3,(H2,3,4);2*1H2. The highest BCUT2D eigenvalue weighted by molar-refractivity contribution is 6.32. The van der Waals surface area contributed by atoms with Gasteiger partial charge in [-0.25, -0.2) is 0 Å². The number of primary amides is 1.